The summed E-state index contributed by atoms with van der Waals surface area (Å²) in [6.07, 6.45) is 1.91. The van der Waals surface area contributed by atoms with Crippen LogP contribution in [0.25, 0.3) is 0 Å². The van der Waals surface area contributed by atoms with E-state index >= 15 is 0 Å². The van der Waals surface area contributed by atoms with Crippen LogP contribution < -0.4 is 0 Å². The third kappa shape index (κ3) is 2.90. The summed E-state index contributed by atoms with van der Waals surface area (Å²) in [5.74, 6) is -0.773. The summed E-state index contributed by atoms with van der Waals surface area (Å²) in [5.41, 5.74) is 0. The van der Waals surface area contributed by atoms with E-state index < -0.39 is 18.1 Å². The Hall–Kier alpha value is -1.30. The molecule has 4 unspecified atom stereocenters. The van der Waals surface area contributed by atoms with Crippen molar-refractivity contribution in [2.75, 3.05) is 19.6 Å². The van der Waals surface area contributed by atoms with Gasteiger partial charge in [-0.25, -0.2) is 9.59 Å². The van der Waals surface area contributed by atoms with Gasteiger partial charge in [0.2, 0.25) is 0 Å². The number of likely N-dealkylation sites (tertiary alicyclic amines) is 2. The van der Waals surface area contributed by atoms with E-state index in [0.717, 1.165) is 19.3 Å². The van der Waals surface area contributed by atoms with Crippen molar-refractivity contribution >= 4 is 12.0 Å². The van der Waals surface area contributed by atoms with Crippen molar-refractivity contribution in [1.82, 2.24) is 9.80 Å². The molecular weight excluding hydrogens is 260 g/mol. The zero-order valence-electron chi connectivity index (χ0n) is 12.2. The fourth-order valence-electron chi connectivity index (χ4n) is 3.18. The molecule has 6 nitrogen and oxygen atoms in total. The Morgan fingerprint density at radius 3 is 2.40 bits per heavy atom. The molecule has 0 radical (unpaired) electrons. The smallest absolute Gasteiger partial charge is 0.326 e. The van der Waals surface area contributed by atoms with Crippen molar-refractivity contribution in [3.05, 3.63) is 0 Å². The van der Waals surface area contributed by atoms with Gasteiger partial charge in [-0.2, -0.15) is 0 Å². The molecule has 2 heterocycles. The molecule has 20 heavy (non-hydrogen) atoms. The van der Waals surface area contributed by atoms with Crippen LogP contribution in [0.4, 0.5) is 4.79 Å². The molecule has 2 saturated heterocycles. The molecular formula is C14H24N2O4. The fraction of sp³-hybridized carbons (Fsp3) is 0.857. The van der Waals surface area contributed by atoms with Gasteiger partial charge in [-0.1, -0.05) is 13.8 Å². The minimum absolute atomic E-state index is 0.0289. The van der Waals surface area contributed by atoms with Crippen molar-refractivity contribution in [2.45, 2.75) is 45.3 Å². The minimum atomic E-state index is -0.934. The molecule has 0 spiro atoms. The van der Waals surface area contributed by atoms with Crippen LogP contribution >= 0.6 is 0 Å². The number of β-amino-alcohol motifs (C(OH)–C–C–N with tert-alkyl or cyclic N) is 1. The second-order valence-corrected chi connectivity index (χ2v) is 6.16. The first-order chi connectivity index (χ1) is 9.41. The molecule has 0 bridgehead atoms. The van der Waals surface area contributed by atoms with Crippen LogP contribution in [0, 0.1) is 11.8 Å². The number of carboxylic acids is 1. The summed E-state index contributed by atoms with van der Waals surface area (Å²) in [6, 6.07) is -0.984. The van der Waals surface area contributed by atoms with Crippen LogP contribution in [0.3, 0.4) is 0 Å². The molecule has 2 aliphatic rings. The van der Waals surface area contributed by atoms with Gasteiger partial charge in [-0.15, -0.1) is 0 Å². The number of piperidine rings is 2. The lowest BCUT2D eigenvalue weighted by atomic mass is 9.90. The lowest BCUT2D eigenvalue weighted by Gasteiger charge is -2.42. The molecule has 2 N–H and O–H groups in total. The highest BCUT2D eigenvalue weighted by atomic mass is 16.4. The number of aliphatic carboxylic acids is 1. The van der Waals surface area contributed by atoms with Gasteiger partial charge < -0.3 is 20.0 Å². The molecule has 0 aliphatic carbocycles. The maximum atomic E-state index is 12.5. The Morgan fingerprint density at radius 2 is 1.80 bits per heavy atom. The maximum absolute atomic E-state index is 12.5. The molecule has 114 valence electrons. The van der Waals surface area contributed by atoms with Gasteiger partial charge in [0.25, 0.3) is 0 Å². The Labute approximate surface area is 119 Å². The van der Waals surface area contributed by atoms with E-state index in [1.54, 1.807) is 4.90 Å². The summed E-state index contributed by atoms with van der Waals surface area (Å²) in [5, 5.41) is 19.3. The van der Waals surface area contributed by atoms with Crippen molar-refractivity contribution in [3.63, 3.8) is 0 Å². The monoisotopic (exact) mass is 284 g/mol. The Bertz CT molecular complexity index is 387. The predicted molar refractivity (Wildman–Crippen MR) is 73.3 cm³/mol. The van der Waals surface area contributed by atoms with Crippen molar-refractivity contribution in [1.29, 1.82) is 0 Å². The molecule has 2 amide bonds. The van der Waals surface area contributed by atoms with E-state index in [2.05, 4.69) is 0 Å². The van der Waals surface area contributed by atoms with Crippen LogP contribution in [0.5, 0.6) is 0 Å². The van der Waals surface area contributed by atoms with E-state index in [4.69, 9.17) is 0 Å². The van der Waals surface area contributed by atoms with Crippen LogP contribution in [0.1, 0.15) is 33.1 Å². The quantitative estimate of drug-likeness (QED) is 0.752. The van der Waals surface area contributed by atoms with Crippen LogP contribution in [-0.2, 0) is 4.79 Å². The molecule has 2 fully saturated rings. The molecule has 2 aliphatic heterocycles. The van der Waals surface area contributed by atoms with Crippen molar-refractivity contribution < 1.29 is 19.8 Å². The molecule has 0 aromatic carbocycles. The average molecular weight is 284 g/mol. The highest BCUT2D eigenvalue weighted by Crippen LogP contribution is 2.26. The third-order valence-electron chi connectivity index (χ3n) is 4.62. The lowest BCUT2D eigenvalue weighted by molar-refractivity contribution is -0.145. The first-order valence-corrected chi connectivity index (χ1v) is 7.38. The second kappa shape index (κ2) is 5.99. The number of nitrogens with zero attached hydrogens (tertiary/aromatic N) is 2. The number of carbonyl (C=O) groups is 2. The van der Waals surface area contributed by atoms with Gasteiger partial charge >= 0.3 is 12.0 Å². The molecule has 2 rings (SSSR count). The first kappa shape index (κ1) is 15.1. The summed E-state index contributed by atoms with van der Waals surface area (Å²) in [7, 11) is 0. The molecule has 0 saturated carbocycles. The number of urea groups is 1. The number of rotatable bonds is 1. The SMILES string of the molecule is CC1CCN(C(=O)N2CCCC(C)C2C(=O)O)CC1O. The van der Waals surface area contributed by atoms with Gasteiger partial charge in [0.1, 0.15) is 6.04 Å². The van der Waals surface area contributed by atoms with Crippen LogP contribution in [0.15, 0.2) is 0 Å². The predicted octanol–water partition coefficient (Wildman–Crippen LogP) is 0.994. The minimum Gasteiger partial charge on any atom is -0.480 e. The van der Waals surface area contributed by atoms with Crippen molar-refractivity contribution in [3.8, 4) is 0 Å². The molecule has 4 atom stereocenters. The van der Waals surface area contributed by atoms with Gasteiger partial charge in [-0.05, 0) is 31.1 Å². The molecule has 0 aromatic heterocycles. The number of carbonyl (C=O) groups excluding carboxylic acids is 1. The highest BCUT2D eigenvalue weighted by Gasteiger charge is 2.40. The molecule has 6 heteroatoms. The number of aliphatic hydroxyl groups is 1. The number of aliphatic hydroxyl groups excluding tert-OH is 1. The number of hydrogen-bond donors (Lipinski definition) is 2. The number of hydrogen-bond acceptors (Lipinski definition) is 3. The fourth-order valence-corrected chi connectivity index (χ4v) is 3.18. The third-order valence-corrected chi connectivity index (χ3v) is 4.62. The summed E-state index contributed by atoms with van der Waals surface area (Å²) >= 11 is 0. The summed E-state index contributed by atoms with van der Waals surface area (Å²) < 4.78 is 0. The van der Waals surface area contributed by atoms with E-state index in [1.807, 2.05) is 13.8 Å². The number of amides is 2. The first-order valence-electron chi connectivity index (χ1n) is 7.38. The van der Waals surface area contributed by atoms with Crippen LogP contribution in [0.2, 0.25) is 0 Å². The van der Waals surface area contributed by atoms with Crippen LogP contribution in [-0.4, -0.2) is 63.8 Å². The van der Waals surface area contributed by atoms with E-state index in [1.165, 1.54) is 4.90 Å². The van der Waals surface area contributed by atoms with E-state index in [0.29, 0.717) is 19.6 Å². The van der Waals surface area contributed by atoms with Gasteiger partial charge in [0, 0.05) is 19.6 Å². The van der Waals surface area contributed by atoms with E-state index in [-0.39, 0.29) is 17.9 Å². The number of carboxylic acid groups (broad SMARTS) is 1. The zero-order valence-corrected chi connectivity index (χ0v) is 12.2. The lowest BCUT2D eigenvalue weighted by Crippen LogP contribution is -2.58. The normalized spacial score (nSPS) is 35.0. The standard InChI is InChI=1S/C14H24N2O4/c1-9-5-7-15(8-11(9)17)14(20)16-6-3-4-10(2)12(16)13(18)19/h9-12,17H,3-8H2,1-2H3,(H,18,19). The second-order valence-electron chi connectivity index (χ2n) is 6.16. The van der Waals surface area contributed by atoms with E-state index in [9.17, 15) is 19.8 Å². The maximum Gasteiger partial charge on any atom is 0.326 e. The Morgan fingerprint density at radius 1 is 1.10 bits per heavy atom. The molecule has 0 aromatic rings. The van der Waals surface area contributed by atoms with Gasteiger partial charge in [0.05, 0.1) is 6.10 Å². The van der Waals surface area contributed by atoms with Gasteiger partial charge in [0.15, 0.2) is 0 Å². The largest absolute Gasteiger partial charge is 0.480 e. The summed E-state index contributed by atoms with van der Waals surface area (Å²) in [4.78, 5) is 27.0. The van der Waals surface area contributed by atoms with Crippen molar-refractivity contribution in [2.24, 2.45) is 11.8 Å². The summed E-state index contributed by atoms with van der Waals surface area (Å²) in [6.45, 7) is 5.23. The van der Waals surface area contributed by atoms with Gasteiger partial charge in [-0.3, -0.25) is 0 Å². The Balaban J connectivity index is 2.08. The average Bonchev–Trinajstić information content (AvgIpc) is 2.40. The topological polar surface area (TPSA) is 81.1 Å². The zero-order chi connectivity index (χ0) is 14.9. The Kier molecular flexibility index (Phi) is 4.52. The highest BCUT2D eigenvalue weighted by molar-refractivity contribution is 5.83.